The first-order valence-corrected chi connectivity index (χ1v) is 10.1. The third-order valence-electron chi connectivity index (χ3n) is 6.45. The molecule has 0 N–H and O–H groups in total. The number of ether oxygens (including phenoxy) is 2. The van der Waals surface area contributed by atoms with E-state index in [4.69, 9.17) is 21.1 Å². The molecule has 2 aromatic heterocycles. The maximum Gasteiger partial charge on any atom is 0.341 e. The molecule has 2 heterocycles. The molecule has 3 fully saturated rings. The van der Waals surface area contributed by atoms with Crippen LogP contribution in [0.25, 0.3) is 5.82 Å². The minimum absolute atomic E-state index is 0.0845. The van der Waals surface area contributed by atoms with Crippen molar-refractivity contribution in [3.63, 3.8) is 0 Å². The Morgan fingerprint density at radius 2 is 2.00 bits per heavy atom. The maximum absolute atomic E-state index is 12.2. The highest BCUT2D eigenvalue weighted by Gasteiger charge is 2.68. The van der Waals surface area contributed by atoms with E-state index in [9.17, 15) is 4.79 Å². The Bertz CT molecular complexity index is 908. The highest BCUT2D eigenvalue weighted by Crippen LogP contribution is 2.72. The lowest BCUT2D eigenvalue weighted by atomic mass is 9.33. The van der Waals surface area contributed by atoms with Crippen LogP contribution < -0.4 is 4.74 Å². The summed E-state index contributed by atoms with van der Waals surface area (Å²) < 4.78 is 12.9. The average molecular weight is 404 g/mol. The number of hydrogen-bond acceptors (Lipinski definition) is 5. The lowest BCUT2D eigenvalue weighted by Gasteiger charge is -2.72. The van der Waals surface area contributed by atoms with Crippen molar-refractivity contribution in [3.05, 3.63) is 35.1 Å². The molecule has 0 radical (unpaired) electrons. The molecule has 0 amide bonds. The fourth-order valence-corrected chi connectivity index (χ4v) is 4.73. The molecule has 2 bridgehead atoms. The first kappa shape index (κ1) is 19.2. The monoisotopic (exact) mass is 403 g/mol. The van der Waals surface area contributed by atoms with Gasteiger partial charge in [0.25, 0.3) is 0 Å². The summed E-state index contributed by atoms with van der Waals surface area (Å²) in [6, 6.07) is 5.11. The summed E-state index contributed by atoms with van der Waals surface area (Å²) in [5.74, 6) is 2.94. The van der Waals surface area contributed by atoms with Crippen molar-refractivity contribution < 1.29 is 14.3 Å². The normalized spacial score (nSPS) is 28.3. The van der Waals surface area contributed by atoms with Crippen LogP contribution in [0, 0.1) is 23.2 Å². The molecule has 3 aliphatic rings. The van der Waals surface area contributed by atoms with E-state index in [1.165, 1.54) is 6.42 Å². The first-order chi connectivity index (χ1) is 13.1. The van der Waals surface area contributed by atoms with Crippen molar-refractivity contribution in [2.24, 2.45) is 23.2 Å². The summed E-state index contributed by atoms with van der Waals surface area (Å²) in [6.07, 6.45) is 3.04. The van der Waals surface area contributed by atoms with Gasteiger partial charge in [-0.2, -0.15) is 0 Å². The van der Waals surface area contributed by atoms with Crippen molar-refractivity contribution in [1.82, 2.24) is 14.8 Å². The van der Waals surface area contributed by atoms with E-state index >= 15 is 0 Å². The number of carbonyl (C=O) groups is 1. The second kappa shape index (κ2) is 6.48. The number of aromatic nitrogens is 3. The van der Waals surface area contributed by atoms with Crippen molar-refractivity contribution in [3.8, 4) is 11.7 Å². The second-order valence-electron chi connectivity index (χ2n) is 9.08. The Kier molecular flexibility index (Phi) is 4.45. The average Bonchev–Trinajstić information content (AvgIpc) is 3.07. The highest BCUT2D eigenvalue weighted by atomic mass is 35.5. The van der Waals surface area contributed by atoms with E-state index in [-0.39, 0.29) is 10.7 Å². The molecule has 28 heavy (non-hydrogen) atoms. The molecule has 0 saturated heterocycles. The summed E-state index contributed by atoms with van der Waals surface area (Å²) >= 11 is 6.21. The van der Waals surface area contributed by atoms with Crippen molar-refractivity contribution in [2.45, 2.75) is 46.6 Å². The van der Waals surface area contributed by atoms with Gasteiger partial charge in [-0.05, 0) is 57.1 Å². The quantitative estimate of drug-likeness (QED) is 0.541. The van der Waals surface area contributed by atoms with Gasteiger partial charge in [0.1, 0.15) is 10.8 Å². The second-order valence-corrected chi connectivity index (χ2v) is 9.43. The van der Waals surface area contributed by atoms with E-state index in [2.05, 4.69) is 23.9 Å². The van der Waals surface area contributed by atoms with Crippen LogP contribution in [0.5, 0.6) is 5.88 Å². The molecule has 0 aliphatic heterocycles. The van der Waals surface area contributed by atoms with E-state index in [0.29, 0.717) is 23.7 Å². The number of rotatable bonds is 5. The topological polar surface area (TPSA) is 66.2 Å². The molecular formula is C21H26ClN3O3. The third-order valence-corrected chi connectivity index (χ3v) is 6.74. The zero-order valence-electron chi connectivity index (χ0n) is 16.9. The Hall–Kier alpha value is -2.08. The predicted molar refractivity (Wildman–Crippen MR) is 106 cm³/mol. The molecule has 3 aliphatic carbocycles. The van der Waals surface area contributed by atoms with Crippen LogP contribution >= 0.6 is 11.6 Å². The van der Waals surface area contributed by atoms with Gasteiger partial charge in [-0.25, -0.2) is 14.5 Å². The number of pyridine rings is 1. The van der Waals surface area contributed by atoms with Gasteiger partial charge in [0.15, 0.2) is 5.82 Å². The van der Waals surface area contributed by atoms with Crippen LogP contribution in [0.15, 0.2) is 24.4 Å². The van der Waals surface area contributed by atoms with Crippen molar-refractivity contribution in [2.75, 3.05) is 6.61 Å². The number of esters is 1. The van der Waals surface area contributed by atoms with Gasteiger partial charge >= 0.3 is 5.97 Å². The molecule has 0 aromatic carbocycles. The zero-order chi connectivity index (χ0) is 20.3. The molecule has 0 unspecified atom stereocenters. The van der Waals surface area contributed by atoms with E-state index in [1.807, 2.05) is 6.07 Å². The standard InChI is InChI=1S/C21H26ClN3O3/c1-12-15-10-21(12,13(15)2)11-27-17-8-9-25(24-17)16-7-6-14(18(22)23-16)19(26)28-20(3,4)5/h6-9,12-13,15H,10-11H2,1-5H3/t12-,13-,15?,21?/m1/s1. The number of carbonyl (C=O) groups excluding carboxylic acids is 1. The van der Waals surface area contributed by atoms with Crippen LogP contribution in [-0.2, 0) is 4.74 Å². The van der Waals surface area contributed by atoms with E-state index < -0.39 is 11.6 Å². The van der Waals surface area contributed by atoms with Crippen LogP contribution in [0.3, 0.4) is 0 Å². The molecule has 2 aromatic rings. The summed E-state index contributed by atoms with van der Waals surface area (Å²) in [6.45, 7) is 10.7. The van der Waals surface area contributed by atoms with Crippen LogP contribution in [0.1, 0.15) is 51.4 Å². The van der Waals surface area contributed by atoms with Crippen LogP contribution in [-0.4, -0.2) is 32.9 Å². The Morgan fingerprint density at radius 3 is 2.57 bits per heavy atom. The number of hydrogen-bond donors (Lipinski definition) is 0. The largest absolute Gasteiger partial charge is 0.476 e. The molecule has 5 rings (SSSR count). The first-order valence-electron chi connectivity index (χ1n) is 9.69. The number of nitrogens with zero attached hydrogens (tertiary/aromatic N) is 3. The lowest BCUT2D eigenvalue weighted by Crippen LogP contribution is -2.69. The van der Waals surface area contributed by atoms with Gasteiger partial charge in [-0.3, -0.25) is 0 Å². The highest BCUT2D eigenvalue weighted by molar-refractivity contribution is 6.32. The maximum atomic E-state index is 12.2. The SMILES string of the molecule is C[C@@H]1C2CC1(COc1ccn(-c3ccc(C(=O)OC(C)(C)C)c(Cl)n3)n1)[C@@H]2C. The van der Waals surface area contributed by atoms with Crippen molar-refractivity contribution in [1.29, 1.82) is 0 Å². The molecule has 6 nitrogen and oxygen atoms in total. The molecule has 0 spiro atoms. The summed E-state index contributed by atoms with van der Waals surface area (Å²) in [5.41, 5.74) is -0.0381. The van der Waals surface area contributed by atoms with Gasteiger partial charge in [0.05, 0.1) is 12.2 Å². The molecule has 3 saturated carbocycles. The lowest BCUT2D eigenvalue weighted by molar-refractivity contribution is -0.259. The van der Waals surface area contributed by atoms with Gasteiger partial charge in [0.2, 0.25) is 5.88 Å². The Balaban J connectivity index is 1.44. The summed E-state index contributed by atoms with van der Waals surface area (Å²) in [7, 11) is 0. The fourth-order valence-electron chi connectivity index (χ4n) is 4.50. The molecule has 7 heteroatoms. The summed E-state index contributed by atoms with van der Waals surface area (Å²) in [4.78, 5) is 16.5. The minimum atomic E-state index is -0.595. The van der Waals surface area contributed by atoms with Gasteiger partial charge in [0, 0.05) is 17.7 Å². The Labute approximate surface area is 170 Å². The third kappa shape index (κ3) is 3.08. The molecule has 150 valence electrons. The number of halogens is 1. The van der Waals surface area contributed by atoms with E-state index in [0.717, 1.165) is 17.8 Å². The zero-order valence-corrected chi connectivity index (χ0v) is 17.7. The Morgan fingerprint density at radius 1 is 1.29 bits per heavy atom. The summed E-state index contributed by atoms with van der Waals surface area (Å²) in [5, 5.41) is 4.53. The van der Waals surface area contributed by atoms with Gasteiger partial charge in [-0.15, -0.1) is 5.10 Å². The van der Waals surface area contributed by atoms with Crippen LogP contribution in [0.4, 0.5) is 0 Å². The van der Waals surface area contributed by atoms with Crippen LogP contribution in [0.2, 0.25) is 5.15 Å². The minimum Gasteiger partial charge on any atom is -0.476 e. The van der Waals surface area contributed by atoms with E-state index in [1.54, 1.807) is 43.8 Å². The van der Waals surface area contributed by atoms with Gasteiger partial charge < -0.3 is 9.47 Å². The predicted octanol–water partition coefficient (Wildman–Crippen LogP) is 4.55. The molecule has 2 atom stereocenters. The van der Waals surface area contributed by atoms with Crippen molar-refractivity contribution >= 4 is 17.6 Å². The smallest absolute Gasteiger partial charge is 0.341 e. The van der Waals surface area contributed by atoms with Gasteiger partial charge in [-0.1, -0.05) is 25.4 Å². The molecular weight excluding hydrogens is 378 g/mol. The fraction of sp³-hybridized carbons (Fsp3) is 0.571.